The summed E-state index contributed by atoms with van der Waals surface area (Å²) in [6.07, 6.45) is 6.17. The SMILES string of the molecule is COc1cc(C[N+]2(C)C3CCC2CC(C(CC(=O)O)(C(=O)O)C2CC4CCC(C2)[N+]4(C)Cc2ccc(OC(C)=O)c(OC)c2)C3)ccc1OC(C)=O.[Br-].[Br-]. The van der Waals surface area contributed by atoms with E-state index in [9.17, 15) is 29.4 Å². The highest BCUT2D eigenvalue weighted by atomic mass is 79.9. The summed E-state index contributed by atoms with van der Waals surface area (Å²) < 4.78 is 23.2. The lowest BCUT2D eigenvalue weighted by molar-refractivity contribution is -0.963. The maximum absolute atomic E-state index is 13.7. The lowest BCUT2D eigenvalue weighted by Gasteiger charge is -2.55. The highest BCUT2D eigenvalue weighted by Gasteiger charge is 2.64. The number of hydrogen-bond donors (Lipinski definition) is 2. The zero-order valence-corrected chi connectivity index (χ0v) is 35.2. The van der Waals surface area contributed by atoms with E-state index in [1.54, 1.807) is 26.4 Å². The van der Waals surface area contributed by atoms with Crippen LogP contribution in [0.25, 0.3) is 0 Å². The Morgan fingerprint density at radius 3 is 1.28 bits per heavy atom. The van der Waals surface area contributed by atoms with Crippen LogP contribution >= 0.6 is 0 Å². The van der Waals surface area contributed by atoms with Crippen LogP contribution in [-0.2, 0) is 32.3 Å². The molecule has 0 saturated carbocycles. The van der Waals surface area contributed by atoms with E-state index in [2.05, 4.69) is 14.1 Å². The van der Waals surface area contributed by atoms with Gasteiger partial charge in [-0.3, -0.25) is 19.2 Å². The number of methoxy groups -OCH3 is 2. The molecule has 4 aliphatic rings. The molecule has 4 heterocycles. The predicted octanol–water partition coefficient (Wildman–Crippen LogP) is -0.416. The van der Waals surface area contributed by atoms with Gasteiger partial charge >= 0.3 is 23.9 Å². The second kappa shape index (κ2) is 16.9. The number of esters is 2. The number of hydrogen-bond acceptors (Lipinski definition) is 8. The molecule has 14 heteroatoms. The van der Waals surface area contributed by atoms with E-state index in [0.29, 0.717) is 61.8 Å². The molecule has 4 bridgehead atoms. The normalized spacial score (nSPS) is 30.5. The molecule has 298 valence electrons. The zero-order chi connectivity index (χ0) is 37.6. The number of quaternary nitrogens is 2. The summed E-state index contributed by atoms with van der Waals surface area (Å²) in [7, 11) is 7.60. The van der Waals surface area contributed by atoms with Crippen LogP contribution in [0.4, 0.5) is 0 Å². The van der Waals surface area contributed by atoms with Gasteiger partial charge in [-0.2, -0.15) is 0 Å². The fraction of sp³-hybridized carbons (Fsp3) is 0.600. The predicted molar refractivity (Wildman–Crippen MR) is 190 cm³/mol. The summed E-state index contributed by atoms with van der Waals surface area (Å²) in [4.78, 5) is 49.6. The molecule has 0 spiro atoms. The van der Waals surface area contributed by atoms with Gasteiger partial charge in [0.15, 0.2) is 23.0 Å². The smallest absolute Gasteiger partial charge is 0.310 e. The molecular formula is C40H54Br2N2O10. The number of ether oxygens (including phenoxy) is 4. The van der Waals surface area contributed by atoms with Gasteiger partial charge in [-0.25, -0.2) is 0 Å². The number of halogens is 2. The number of carbonyl (C=O) groups excluding carboxylic acids is 2. The minimum atomic E-state index is -1.35. The van der Waals surface area contributed by atoms with Crippen LogP contribution in [0.5, 0.6) is 23.0 Å². The van der Waals surface area contributed by atoms with Gasteiger partial charge in [-0.05, 0) is 48.2 Å². The van der Waals surface area contributed by atoms with Crippen LogP contribution in [0.15, 0.2) is 36.4 Å². The molecule has 4 fully saturated rings. The third kappa shape index (κ3) is 8.03. The van der Waals surface area contributed by atoms with Crippen molar-refractivity contribution in [2.45, 2.75) is 109 Å². The summed E-state index contributed by atoms with van der Waals surface area (Å²) >= 11 is 0. The Bertz CT molecular complexity index is 1600. The number of nitrogens with zero attached hydrogens (tertiary/aromatic N) is 2. The molecule has 2 aromatic carbocycles. The van der Waals surface area contributed by atoms with E-state index in [1.807, 2.05) is 24.3 Å². The molecular weight excluding hydrogens is 828 g/mol. The highest BCUT2D eigenvalue weighted by Crippen LogP contribution is 2.59. The molecule has 4 aliphatic heterocycles. The van der Waals surface area contributed by atoms with E-state index in [4.69, 9.17) is 18.9 Å². The molecule has 4 atom stereocenters. The number of carboxylic acid groups (broad SMARTS) is 2. The standard InChI is InChI=1S/C40H52N2O10.2BrH/c1-24(43)51-34-13-7-26(15-36(34)49-5)22-41(3)30-9-10-31(41)18-28(17-30)40(39(47)48,21-38(45)46)29-19-32-11-12-33(20-29)42(32,4)23-27-8-14-35(52-25(2)44)37(16-27)50-6;;/h7-8,13-16,28-33H,9-12,17-23H2,1-6H3;2*1H. The van der Waals surface area contributed by atoms with E-state index in [0.717, 1.165) is 45.8 Å². The Hall–Kier alpha value is -3.20. The maximum Gasteiger partial charge on any atom is 0.310 e. The number of carbonyl (C=O) groups is 4. The van der Waals surface area contributed by atoms with E-state index in [1.165, 1.54) is 13.8 Å². The van der Waals surface area contributed by atoms with E-state index < -0.39 is 29.3 Å². The summed E-state index contributed by atoms with van der Waals surface area (Å²) in [5.41, 5.74) is 0.730. The summed E-state index contributed by atoms with van der Waals surface area (Å²) in [6, 6.07) is 12.0. The lowest BCUT2D eigenvalue weighted by atomic mass is 9.57. The lowest BCUT2D eigenvalue weighted by Crippen LogP contribution is -3.00. The fourth-order valence-electron chi connectivity index (χ4n) is 11.0. The Labute approximate surface area is 338 Å². The van der Waals surface area contributed by atoms with Crippen LogP contribution < -0.4 is 52.9 Å². The minimum absolute atomic E-state index is 0. The number of benzene rings is 2. The van der Waals surface area contributed by atoms with Crippen molar-refractivity contribution in [1.82, 2.24) is 0 Å². The first-order valence-corrected chi connectivity index (χ1v) is 18.5. The Morgan fingerprint density at radius 2 is 1.00 bits per heavy atom. The first kappa shape index (κ1) is 43.5. The van der Waals surface area contributed by atoms with Crippen molar-refractivity contribution in [3.63, 3.8) is 0 Å². The van der Waals surface area contributed by atoms with Crippen LogP contribution in [0.2, 0.25) is 0 Å². The van der Waals surface area contributed by atoms with Crippen molar-refractivity contribution in [3.8, 4) is 23.0 Å². The molecule has 6 rings (SSSR count). The molecule has 0 radical (unpaired) electrons. The van der Waals surface area contributed by atoms with Crippen molar-refractivity contribution in [2.24, 2.45) is 17.3 Å². The van der Waals surface area contributed by atoms with Crippen molar-refractivity contribution >= 4 is 23.9 Å². The van der Waals surface area contributed by atoms with Crippen molar-refractivity contribution in [1.29, 1.82) is 0 Å². The largest absolute Gasteiger partial charge is 1.00 e. The van der Waals surface area contributed by atoms with Gasteiger partial charge in [0.05, 0.1) is 64.3 Å². The summed E-state index contributed by atoms with van der Waals surface area (Å²) in [6.45, 7) is 4.14. The van der Waals surface area contributed by atoms with Crippen molar-refractivity contribution < 1.29 is 91.3 Å². The molecule has 0 aromatic heterocycles. The van der Waals surface area contributed by atoms with E-state index >= 15 is 0 Å². The number of fused-ring (bicyclic) bond motifs is 4. The Kier molecular flexibility index (Phi) is 13.6. The second-order valence-corrected chi connectivity index (χ2v) is 16.2. The number of rotatable bonds is 13. The van der Waals surface area contributed by atoms with Crippen LogP contribution in [0, 0.1) is 17.3 Å². The van der Waals surface area contributed by atoms with Gasteiger partial charge in [0.1, 0.15) is 13.1 Å². The molecule has 2 aromatic rings. The van der Waals surface area contributed by atoms with Gasteiger partial charge in [-0.1, -0.05) is 0 Å². The van der Waals surface area contributed by atoms with E-state index in [-0.39, 0.29) is 76.4 Å². The van der Waals surface area contributed by atoms with Gasteiger partial charge in [0, 0.05) is 76.3 Å². The van der Waals surface area contributed by atoms with Gasteiger partial charge in [0.25, 0.3) is 0 Å². The maximum atomic E-state index is 13.7. The quantitative estimate of drug-likeness (QED) is 0.155. The Balaban J connectivity index is 0.00000325. The number of piperidine rings is 2. The van der Waals surface area contributed by atoms with Gasteiger partial charge < -0.3 is 72.1 Å². The van der Waals surface area contributed by atoms with Gasteiger partial charge in [0.2, 0.25) is 0 Å². The molecule has 12 nitrogen and oxygen atoms in total. The molecule has 0 aliphatic carbocycles. The number of aliphatic carboxylic acids is 2. The molecule has 2 N–H and O–H groups in total. The molecule has 54 heavy (non-hydrogen) atoms. The third-order valence-electron chi connectivity index (χ3n) is 13.5. The molecule has 4 unspecified atom stereocenters. The van der Waals surface area contributed by atoms with Crippen molar-refractivity contribution in [2.75, 3.05) is 28.3 Å². The zero-order valence-electron chi connectivity index (χ0n) is 32.0. The van der Waals surface area contributed by atoms with Crippen molar-refractivity contribution in [3.05, 3.63) is 47.5 Å². The first-order chi connectivity index (χ1) is 24.6. The number of carboxylic acids is 2. The first-order valence-electron chi connectivity index (χ1n) is 18.5. The van der Waals surface area contributed by atoms with Crippen LogP contribution in [0.1, 0.15) is 82.8 Å². The highest BCUT2D eigenvalue weighted by molar-refractivity contribution is 5.82. The molecule has 0 amide bonds. The van der Waals surface area contributed by atoms with Crippen LogP contribution in [-0.4, -0.2) is 95.5 Å². The average molecular weight is 883 g/mol. The van der Waals surface area contributed by atoms with Gasteiger partial charge in [-0.15, -0.1) is 0 Å². The Morgan fingerprint density at radius 1 is 0.648 bits per heavy atom. The van der Waals surface area contributed by atoms with Crippen LogP contribution in [0.3, 0.4) is 0 Å². The topological polar surface area (TPSA) is 146 Å². The monoisotopic (exact) mass is 880 g/mol. The summed E-state index contributed by atoms with van der Waals surface area (Å²) in [5.74, 6) is -1.62. The fourth-order valence-corrected chi connectivity index (χ4v) is 11.0. The third-order valence-corrected chi connectivity index (χ3v) is 13.5. The minimum Gasteiger partial charge on any atom is -1.00 e. The average Bonchev–Trinajstić information content (AvgIpc) is 3.31. The molecule has 4 saturated heterocycles. The second-order valence-electron chi connectivity index (χ2n) is 16.2. The summed E-state index contributed by atoms with van der Waals surface area (Å²) in [5, 5.41) is 21.6.